The molecule has 102 heavy (non-hydrogen) atoms. The second kappa shape index (κ2) is 47.2. The molecule has 0 amide bonds. The lowest BCUT2D eigenvalue weighted by Gasteiger charge is -2.27. The van der Waals surface area contributed by atoms with Gasteiger partial charge in [-0.1, -0.05) is 0 Å². The summed E-state index contributed by atoms with van der Waals surface area (Å²) in [4.78, 5) is 0. The minimum Gasteiger partial charge on any atom is -0.377 e. The summed E-state index contributed by atoms with van der Waals surface area (Å²) < 4.78 is 181. The van der Waals surface area contributed by atoms with Crippen LogP contribution in [0.3, 0.4) is 0 Å². The van der Waals surface area contributed by atoms with E-state index in [4.69, 9.17) is 142 Å². The van der Waals surface area contributed by atoms with E-state index in [1.165, 1.54) is 0 Å². The van der Waals surface area contributed by atoms with Crippen molar-refractivity contribution in [2.75, 3.05) is 238 Å². The summed E-state index contributed by atoms with van der Waals surface area (Å²) in [6.45, 7) is 36.4. The summed E-state index contributed by atoms with van der Waals surface area (Å²) in [6, 6.07) is 0. The molecular weight excluding hydrogens is 1340 g/mol. The first-order valence-electron chi connectivity index (χ1n) is 36.5. The molecule has 7 rings (SSSR count). The van der Waals surface area contributed by atoms with Crippen LogP contribution in [0.1, 0.15) is 116 Å². The maximum absolute atomic E-state index is 6.61. The SMILES string of the molecule is CC1(C)OCC(COCCOCCOCc2c(COCCOCCOCC3COC(C)(C)O3)c(COCCOCCOCC3COC(C)(C)O3)c(COCCOCCOCC3COC(C)(C)O3)c(COCCOCCOCC3COC(C)(C)O3)c2COCCOCCOCC2COC(C)(C)O2)O1. The summed E-state index contributed by atoms with van der Waals surface area (Å²) in [5.74, 6) is -3.80. The first-order valence-corrected chi connectivity index (χ1v) is 36.5. The summed E-state index contributed by atoms with van der Waals surface area (Å²) >= 11 is 0. The van der Waals surface area contributed by atoms with Crippen LogP contribution in [0.2, 0.25) is 0 Å². The van der Waals surface area contributed by atoms with E-state index in [1.807, 2.05) is 83.1 Å². The van der Waals surface area contributed by atoms with Crippen molar-refractivity contribution in [2.24, 2.45) is 0 Å². The number of hydrogen-bond acceptors (Lipinski definition) is 30. The van der Waals surface area contributed by atoms with Crippen molar-refractivity contribution in [1.82, 2.24) is 0 Å². The van der Waals surface area contributed by atoms with Crippen LogP contribution in [-0.2, 0) is 182 Å². The average molecular weight is 1470 g/mol. The molecule has 6 atom stereocenters. The minimum atomic E-state index is -0.634. The normalized spacial score (nSPS) is 24.0. The van der Waals surface area contributed by atoms with Crippen LogP contribution in [0, 0.1) is 0 Å². The van der Waals surface area contributed by atoms with Gasteiger partial charge in [-0.05, 0) is 116 Å². The zero-order valence-electron chi connectivity index (χ0n) is 63.4. The number of ether oxygens (including phenoxy) is 30. The molecule has 6 fully saturated rings. The lowest BCUT2D eigenvalue weighted by molar-refractivity contribution is -0.146. The van der Waals surface area contributed by atoms with Crippen LogP contribution >= 0.6 is 0 Å². The lowest BCUT2D eigenvalue weighted by Crippen LogP contribution is -2.24. The third-order valence-corrected chi connectivity index (χ3v) is 16.4. The average Bonchev–Trinajstić information content (AvgIpc) is 1.18. The highest BCUT2D eigenvalue weighted by molar-refractivity contribution is 5.51. The van der Waals surface area contributed by atoms with E-state index >= 15 is 0 Å². The van der Waals surface area contributed by atoms with Crippen LogP contribution in [0.5, 0.6) is 0 Å². The molecule has 0 aliphatic carbocycles. The number of benzene rings is 1. The number of rotatable bonds is 60. The van der Waals surface area contributed by atoms with E-state index < -0.39 is 34.7 Å². The van der Waals surface area contributed by atoms with E-state index in [0.29, 0.717) is 198 Å². The number of hydrogen-bond donors (Lipinski definition) is 0. The Morgan fingerprint density at radius 3 is 0.422 bits per heavy atom. The standard InChI is InChI=1S/C72H126O30/c1-67(2)91-43-55(97-67)37-79-25-13-73-19-31-85-49-61-62(50-86-32-20-74-14-26-80-38-56-44-92-68(3,4)98-56)64(52-88-34-22-76-16-28-82-40-58-46-94-70(7,8)100-58)66(54-90-36-24-78-18-30-84-42-60-48-96-72(11,12)102-60)65(53-89-35-23-77-17-29-83-41-59-47-95-71(9,10)101-59)63(61)51-87-33-21-75-15-27-81-39-57-45-93-69(5,6)99-57/h55-60H,13-54H2,1-12H3. The smallest absolute Gasteiger partial charge is 0.163 e. The summed E-state index contributed by atoms with van der Waals surface area (Å²) in [5, 5.41) is 0. The van der Waals surface area contributed by atoms with Crippen LogP contribution < -0.4 is 0 Å². The molecule has 0 radical (unpaired) electrons. The molecule has 6 saturated heterocycles. The quantitative estimate of drug-likeness (QED) is 0.0687. The Kier molecular flexibility index (Phi) is 40.3. The van der Waals surface area contributed by atoms with Crippen molar-refractivity contribution in [2.45, 2.75) is 194 Å². The Bertz CT molecular complexity index is 1950. The Labute approximate surface area is 605 Å². The van der Waals surface area contributed by atoms with E-state index in [0.717, 1.165) is 33.4 Å². The van der Waals surface area contributed by atoms with Crippen molar-refractivity contribution >= 4 is 0 Å². The predicted octanol–water partition coefficient (Wildman–Crippen LogP) is 5.89. The van der Waals surface area contributed by atoms with Gasteiger partial charge in [0.15, 0.2) is 34.7 Å². The molecule has 594 valence electrons. The fourth-order valence-corrected chi connectivity index (χ4v) is 11.6. The molecule has 30 heteroatoms. The van der Waals surface area contributed by atoms with Gasteiger partial charge in [-0.15, -0.1) is 0 Å². The molecule has 30 nitrogen and oxygen atoms in total. The van der Waals surface area contributed by atoms with Crippen LogP contribution in [0.4, 0.5) is 0 Å². The molecule has 0 spiro atoms. The van der Waals surface area contributed by atoms with Gasteiger partial charge in [-0.2, -0.15) is 0 Å². The molecule has 6 aliphatic heterocycles. The maximum Gasteiger partial charge on any atom is 0.163 e. The molecule has 0 aromatic heterocycles. The van der Waals surface area contributed by atoms with Gasteiger partial charge in [0.25, 0.3) is 0 Å². The molecule has 6 aliphatic rings. The van der Waals surface area contributed by atoms with Gasteiger partial charge in [-0.3, -0.25) is 0 Å². The zero-order chi connectivity index (χ0) is 72.8. The van der Waals surface area contributed by atoms with Crippen LogP contribution in [0.25, 0.3) is 0 Å². The third kappa shape index (κ3) is 36.0. The molecule has 1 aromatic carbocycles. The third-order valence-electron chi connectivity index (χ3n) is 16.4. The first kappa shape index (κ1) is 87.2. The van der Waals surface area contributed by atoms with Crippen LogP contribution in [-0.4, -0.2) is 309 Å². The fraction of sp³-hybridized carbons (Fsp3) is 0.917. The summed E-state index contributed by atoms with van der Waals surface area (Å²) in [6.07, 6.45) is -0.876. The molecule has 6 heterocycles. The van der Waals surface area contributed by atoms with Gasteiger partial charge in [0.2, 0.25) is 0 Å². The highest BCUT2D eigenvalue weighted by Gasteiger charge is 2.38. The Morgan fingerprint density at radius 1 is 0.186 bits per heavy atom. The minimum absolute atomic E-state index is 0.138. The van der Waals surface area contributed by atoms with Gasteiger partial charge < -0.3 is 142 Å². The van der Waals surface area contributed by atoms with Crippen LogP contribution in [0.15, 0.2) is 0 Å². The van der Waals surface area contributed by atoms with Gasteiger partial charge in [-0.25, -0.2) is 0 Å². The maximum atomic E-state index is 6.61. The zero-order valence-corrected chi connectivity index (χ0v) is 63.4. The van der Waals surface area contributed by atoms with Crippen molar-refractivity contribution < 1.29 is 142 Å². The largest absolute Gasteiger partial charge is 0.377 e. The topological polar surface area (TPSA) is 277 Å². The Hall–Kier alpha value is -1.98. The van der Waals surface area contributed by atoms with E-state index in [1.54, 1.807) is 0 Å². The van der Waals surface area contributed by atoms with Gasteiger partial charge in [0.1, 0.15) is 36.6 Å². The molecule has 0 bridgehead atoms. The van der Waals surface area contributed by atoms with Crippen molar-refractivity contribution in [3.63, 3.8) is 0 Å². The molecule has 6 unspecified atom stereocenters. The highest BCUT2D eigenvalue weighted by Crippen LogP contribution is 2.34. The van der Waals surface area contributed by atoms with Gasteiger partial charge in [0, 0.05) is 0 Å². The second-order valence-electron chi connectivity index (χ2n) is 28.0. The lowest BCUT2D eigenvalue weighted by atomic mass is 9.87. The van der Waals surface area contributed by atoms with E-state index in [2.05, 4.69) is 0 Å². The van der Waals surface area contributed by atoms with E-state index in [9.17, 15) is 0 Å². The molecule has 0 N–H and O–H groups in total. The van der Waals surface area contributed by atoms with Gasteiger partial charge in [0.05, 0.1) is 277 Å². The highest BCUT2D eigenvalue weighted by atomic mass is 16.8. The second-order valence-corrected chi connectivity index (χ2v) is 28.0. The molecule has 1 aromatic rings. The van der Waals surface area contributed by atoms with Crippen molar-refractivity contribution in [3.8, 4) is 0 Å². The monoisotopic (exact) mass is 1470 g/mol. The van der Waals surface area contributed by atoms with Crippen molar-refractivity contribution in [1.29, 1.82) is 0 Å². The predicted molar refractivity (Wildman–Crippen MR) is 364 cm³/mol. The summed E-state index contributed by atoms with van der Waals surface area (Å²) in [5.41, 5.74) is 4.98. The Morgan fingerprint density at radius 2 is 0.304 bits per heavy atom. The van der Waals surface area contributed by atoms with Crippen molar-refractivity contribution in [3.05, 3.63) is 33.4 Å². The Balaban J connectivity index is 1.08. The van der Waals surface area contributed by atoms with Gasteiger partial charge >= 0.3 is 0 Å². The van der Waals surface area contributed by atoms with E-state index in [-0.39, 0.29) is 116 Å². The molecular formula is C72H126O30. The first-order chi connectivity index (χ1) is 49.0. The molecule has 0 saturated carbocycles. The summed E-state index contributed by atoms with van der Waals surface area (Å²) in [7, 11) is 0. The fourth-order valence-electron chi connectivity index (χ4n) is 11.6.